The summed E-state index contributed by atoms with van der Waals surface area (Å²) in [5, 5.41) is 0. The minimum atomic E-state index is -0.178. The van der Waals surface area contributed by atoms with E-state index in [9.17, 15) is 4.39 Å². The maximum atomic E-state index is 13.2. The zero-order valence-corrected chi connectivity index (χ0v) is 10.1. The van der Waals surface area contributed by atoms with Gasteiger partial charge in [-0.05, 0) is 36.1 Å². The molecule has 0 atom stereocenters. The van der Waals surface area contributed by atoms with Crippen molar-refractivity contribution in [2.45, 2.75) is 19.4 Å². The van der Waals surface area contributed by atoms with Crippen LogP contribution < -0.4 is 0 Å². The van der Waals surface area contributed by atoms with Gasteiger partial charge in [0.1, 0.15) is 5.82 Å². The maximum absolute atomic E-state index is 13.2. The van der Waals surface area contributed by atoms with Crippen LogP contribution in [0.1, 0.15) is 23.1 Å². The quantitative estimate of drug-likeness (QED) is 0.756. The van der Waals surface area contributed by atoms with Gasteiger partial charge in [-0.1, -0.05) is 36.4 Å². The molecule has 0 fully saturated rings. The van der Waals surface area contributed by atoms with Gasteiger partial charge in [0.2, 0.25) is 0 Å². The number of rotatable bonds is 2. The second-order valence-electron chi connectivity index (χ2n) is 4.55. The first-order valence-electron chi connectivity index (χ1n) is 6.19. The van der Waals surface area contributed by atoms with Crippen LogP contribution in [0.3, 0.4) is 0 Å². The van der Waals surface area contributed by atoms with E-state index in [1.807, 2.05) is 24.3 Å². The van der Waals surface area contributed by atoms with Crippen LogP contribution in [0.15, 0.2) is 53.5 Å². The van der Waals surface area contributed by atoms with Crippen LogP contribution in [0.25, 0.3) is 0 Å². The molecule has 0 saturated carbocycles. The van der Waals surface area contributed by atoms with Gasteiger partial charge in [-0.25, -0.2) is 4.39 Å². The van der Waals surface area contributed by atoms with E-state index < -0.39 is 0 Å². The number of benzene rings is 2. The summed E-state index contributed by atoms with van der Waals surface area (Å²) in [6.07, 6.45) is 1.90. The minimum Gasteiger partial charge on any atom is -0.284 e. The fourth-order valence-electron chi connectivity index (χ4n) is 2.36. The molecule has 3 rings (SSSR count). The van der Waals surface area contributed by atoms with Crippen molar-refractivity contribution in [2.75, 3.05) is 0 Å². The lowest BCUT2D eigenvalue weighted by atomic mass is 10.1. The molecule has 0 bridgehead atoms. The van der Waals surface area contributed by atoms with Crippen molar-refractivity contribution in [3.8, 4) is 0 Å². The van der Waals surface area contributed by atoms with E-state index >= 15 is 0 Å². The van der Waals surface area contributed by atoms with Gasteiger partial charge < -0.3 is 0 Å². The number of halogens is 1. The Labute approximate surface area is 106 Å². The summed E-state index contributed by atoms with van der Waals surface area (Å²) in [6, 6.07) is 15.1. The van der Waals surface area contributed by atoms with E-state index in [1.165, 1.54) is 17.2 Å². The van der Waals surface area contributed by atoms with E-state index in [2.05, 4.69) is 17.1 Å². The van der Waals surface area contributed by atoms with Crippen molar-refractivity contribution in [3.63, 3.8) is 0 Å². The van der Waals surface area contributed by atoms with Gasteiger partial charge >= 0.3 is 0 Å². The average Bonchev–Trinajstić information content (AvgIpc) is 2.80. The molecule has 0 radical (unpaired) electrons. The fourth-order valence-corrected chi connectivity index (χ4v) is 2.36. The first-order valence-corrected chi connectivity index (χ1v) is 6.19. The van der Waals surface area contributed by atoms with Gasteiger partial charge in [-0.15, -0.1) is 0 Å². The molecule has 1 aliphatic carbocycles. The average molecular weight is 239 g/mol. The summed E-state index contributed by atoms with van der Waals surface area (Å²) < 4.78 is 13.2. The topological polar surface area (TPSA) is 12.4 Å². The first-order chi connectivity index (χ1) is 8.83. The van der Waals surface area contributed by atoms with Crippen LogP contribution in [-0.2, 0) is 13.0 Å². The Hall–Kier alpha value is -1.96. The van der Waals surface area contributed by atoms with E-state index in [0.717, 1.165) is 24.1 Å². The largest absolute Gasteiger partial charge is 0.284 e. The third-order valence-corrected chi connectivity index (χ3v) is 3.31. The molecule has 0 amide bonds. The number of nitrogens with zero attached hydrogens (tertiary/aromatic N) is 1. The Morgan fingerprint density at radius 1 is 1.00 bits per heavy atom. The predicted octanol–water partition coefficient (Wildman–Crippen LogP) is 3.76. The molecule has 0 spiro atoms. The van der Waals surface area contributed by atoms with Crippen LogP contribution in [-0.4, -0.2) is 5.71 Å². The zero-order valence-electron chi connectivity index (χ0n) is 10.1. The van der Waals surface area contributed by atoms with Crippen molar-refractivity contribution >= 4 is 5.71 Å². The molecule has 2 aromatic carbocycles. The van der Waals surface area contributed by atoms with E-state index in [0.29, 0.717) is 6.54 Å². The standard InChI is InChI=1S/C16H14FN/c17-14-8-6-13-7-9-16(15(13)10-14)18-11-12-4-2-1-3-5-12/h1-6,8,10H,7,9,11H2/b18-16+. The van der Waals surface area contributed by atoms with Gasteiger partial charge in [0, 0.05) is 11.3 Å². The van der Waals surface area contributed by atoms with E-state index in [4.69, 9.17) is 0 Å². The molecule has 1 aliphatic rings. The van der Waals surface area contributed by atoms with Crippen molar-refractivity contribution in [2.24, 2.45) is 4.99 Å². The first kappa shape index (κ1) is 11.1. The highest BCUT2D eigenvalue weighted by molar-refractivity contribution is 6.04. The number of aryl methyl sites for hydroxylation is 1. The maximum Gasteiger partial charge on any atom is 0.123 e. The Kier molecular flexibility index (Phi) is 2.93. The molecular formula is C16H14FN. The highest BCUT2D eigenvalue weighted by Crippen LogP contribution is 2.23. The summed E-state index contributed by atoms with van der Waals surface area (Å²) in [5.74, 6) is -0.178. The molecule has 0 aliphatic heterocycles. The van der Waals surface area contributed by atoms with Crippen molar-refractivity contribution in [3.05, 3.63) is 71.0 Å². The SMILES string of the molecule is Fc1ccc2c(c1)/C(=N/Cc1ccccc1)CC2. The van der Waals surface area contributed by atoms with Crippen molar-refractivity contribution < 1.29 is 4.39 Å². The minimum absolute atomic E-state index is 0.178. The van der Waals surface area contributed by atoms with Gasteiger partial charge in [-0.2, -0.15) is 0 Å². The second kappa shape index (κ2) is 4.73. The fraction of sp³-hybridized carbons (Fsp3) is 0.188. The normalized spacial score (nSPS) is 15.9. The van der Waals surface area contributed by atoms with Gasteiger partial charge in [-0.3, -0.25) is 4.99 Å². The van der Waals surface area contributed by atoms with Crippen molar-refractivity contribution in [1.29, 1.82) is 0 Å². The molecule has 1 nitrogen and oxygen atoms in total. The second-order valence-corrected chi connectivity index (χ2v) is 4.55. The molecule has 0 aromatic heterocycles. The summed E-state index contributed by atoms with van der Waals surface area (Å²) in [5.41, 5.74) is 4.43. The lowest BCUT2D eigenvalue weighted by Gasteiger charge is -2.01. The van der Waals surface area contributed by atoms with Crippen LogP contribution in [0.5, 0.6) is 0 Å². The number of aliphatic imine (C=N–C) groups is 1. The van der Waals surface area contributed by atoms with Crippen LogP contribution in [0.4, 0.5) is 4.39 Å². The summed E-state index contributed by atoms with van der Waals surface area (Å²) in [7, 11) is 0. The highest BCUT2D eigenvalue weighted by Gasteiger charge is 2.17. The third-order valence-electron chi connectivity index (χ3n) is 3.31. The predicted molar refractivity (Wildman–Crippen MR) is 71.4 cm³/mol. The summed E-state index contributed by atoms with van der Waals surface area (Å²) in [4.78, 5) is 4.63. The summed E-state index contributed by atoms with van der Waals surface area (Å²) in [6.45, 7) is 0.673. The zero-order chi connectivity index (χ0) is 12.4. The Bertz CT molecular complexity index is 587. The molecule has 2 aromatic rings. The number of hydrogen-bond donors (Lipinski definition) is 0. The smallest absolute Gasteiger partial charge is 0.123 e. The lowest BCUT2D eigenvalue weighted by molar-refractivity contribution is 0.627. The van der Waals surface area contributed by atoms with Gasteiger partial charge in [0.05, 0.1) is 6.54 Å². The third kappa shape index (κ3) is 2.19. The Morgan fingerprint density at radius 3 is 2.67 bits per heavy atom. The summed E-state index contributed by atoms with van der Waals surface area (Å²) >= 11 is 0. The molecule has 0 N–H and O–H groups in total. The highest BCUT2D eigenvalue weighted by atomic mass is 19.1. The van der Waals surface area contributed by atoms with E-state index in [1.54, 1.807) is 6.07 Å². The Balaban J connectivity index is 1.86. The van der Waals surface area contributed by atoms with Gasteiger partial charge in [0.25, 0.3) is 0 Å². The molecular weight excluding hydrogens is 225 g/mol. The van der Waals surface area contributed by atoms with Crippen LogP contribution in [0, 0.1) is 5.82 Å². The molecule has 0 heterocycles. The molecule has 90 valence electrons. The van der Waals surface area contributed by atoms with E-state index in [-0.39, 0.29) is 5.82 Å². The van der Waals surface area contributed by atoms with Crippen LogP contribution >= 0.6 is 0 Å². The van der Waals surface area contributed by atoms with Gasteiger partial charge in [0.15, 0.2) is 0 Å². The molecule has 2 heteroatoms. The number of hydrogen-bond acceptors (Lipinski definition) is 1. The number of fused-ring (bicyclic) bond motifs is 1. The molecule has 0 unspecified atom stereocenters. The Morgan fingerprint density at radius 2 is 1.83 bits per heavy atom. The molecule has 0 saturated heterocycles. The van der Waals surface area contributed by atoms with Crippen molar-refractivity contribution in [1.82, 2.24) is 0 Å². The monoisotopic (exact) mass is 239 g/mol. The molecule has 18 heavy (non-hydrogen) atoms. The lowest BCUT2D eigenvalue weighted by Crippen LogP contribution is -1.96. The van der Waals surface area contributed by atoms with Crippen LogP contribution in [0.2, 0.25) is 0 Å².